The van der Waals surface area contributed by atoms with Crippen LogP contribution in [-0.4, -0.2) is 50.2 Å². The predicted octanol–water partition coefficient (Wildman–Crippen LogP) is 3.58. The number of halogens is 1. The lowest BCUT2D eigenvalue weighted by molar-refractivity contribution is -0.133. The monoisotopic (exact) mass is 418 g/mol. The number of carbonyl (C=O) groups is 1. The van der Waals surface area contributed by atoms with Crippen molar-refractivity contribution in [2.24, 2.45) is 0 Å². The van der Waals surface area contributed by atoms with E-state index in [4.69, 9.17) is 9.47 Å². The van der Waals surface area contributed by atoms with E-state index in [2.05, 4.69) is 26.9 Å². The standard InChI is InChI=1S/C20H23BrN2O3/c1-2-25-19-9-4-3-8-18(19)22-10-12-23(13-11-22)20(24)15-26-17-7-5-6-16(21)14-17/h3-9,14H,2,10-13,15H2,1H3. The van der Waals surface area contributed by atoms with Crippen LogP contribution in [0.4, 0.5) is 5.69 Å². The predicted molar refractivity (Wildman–Crippen MR) is 106 cm³/mol. The fourth-order valence-electron chi connectivity index (χ4n) is 2.99. The first-order valence-electron chi connectivity index (χ1n) is 8.80. The van der Waals surface area contributed by atoms with E-state index in [1.54, 1.807) is 0 Å². The van der Waals surface area contributed by atoms with Gasteiger partial charge in [0.25, 0.3) is 5.91 Å². The SMILES string of the molecule is CCOc1ccccc1N1CCN(C(=O)COc2cccc(Br)c2)CC1. The number of carbonyl (C=O) groups excluding carboxylic acids is 1. The zero-order valence-electron chi connectivity index (χ0n) is 14.9. The lowest BCUT2D eigenvalue weighted by atomic mass is 10.2. The number of ether oxygens (including phenoxy) is 2. The molecule has 0 radical (unpaired) electrons. The Morgan fingerprint density at radius 1 is 1.04 bits per heavy atom. The molecular weight excluding hydrogens is 396 g/mol. The van der Waals surface area contributed by atoms with Crippen LogP contribution in [0.3, 0.4) is 0 Å². The molecule has 1 heterocycles. The second kappa shape index (κ2) is 8.94. The first-order valence-corrected chi connectivity index (χ1v) is 9.59. The molecule has 5 nitrogen and oxygen atoms in total. The van der Waals surface area contributed by atoms with Gasteiger partial charge in [0.15, 0.2) is 6.61 Å². The number of nitrogens with zero attached hydrogens (tertiary/aromatic N) is 2. The van der Waals surface area contributed by atoms with Crippen LogP contribution < -0.4 is 14.4 Å². The van der Waals surface area contributed by atoms with Crippen molar-refractivity contribution in [2.75, 3.05) is 44.3 Å². The smallest absolute Gasteiger partial charge is 0.260 e. The third-order valence-electron chi connectivity index (χ3n) is 4.30. The van der Waals surface area contributed by atoms with Gasteiger partial charge in [-0.3, -0.25) is 4.79 Å². The Balaban J connectivity index is 1.52. The molecule has 3 rings (SSSR count). The molecule has 6 heteroatoms. The minimum Gasteiger partial charge on any atom is -0.492 e. The maximum absolute atomic E-state index is 12.4. The molecule has 0 spiro atoms. The summed E-state index contributed by atoms with van der Waals surface area (Å²) in [5.74, 6) is 1.60. The summed E-state index contributed by atoms with van der Waals surface area (Å²) in [6.45, 7) is 5.62. The van der Waals surface area contributed by atoms with Crippen molar-refractivity contribution >= 4 is 27.5 Å². The molecule has 2 aromatic rings. The van der Waals surface area contributed by atoms with E-state index in [0.717, 1.165) is 29.0 Å². The van der Waals surface area contributed by atoms with Crippen LogP contribution in [0.2, 0.25) is 0 Å². The van der Waals surface area contributed by atoms with Gasteiger partial charge in [0.2, 0.25) is 0 Å². The molecule has 1 fully saturated rings. The van der Waals surface area contributed by atoms with Crippen molar-refractivity contribution in [3.05, 3.63) is 53.0 Å². The summed E-state index contributed by atoms with van der Waals surface area (Å²) in [6, 6.07) is 15.6. The summed E-state index contributed by atoms with van der Waals surface area (Å²) >= 11 is 3.40. The van der Waals surface area contributed by atoms with Crippen LogP contribution in [-0.2, 0) is 4.79 Å². The summed E-state index contributed by atoms with van der Waals surface area (Å²) in [7, 11) is 0. The molecule has 0 saturated carbocycles. The highest BCUT2D eigenvalue weighted by Crippen LogP contribution is 2.28. The van der Waals surface area contributed by atoms with Crippen LogP contribution in [0, 0.1) is 0 Å². The molecule has 26 heavy (non-hydrogen) atoms. The zero-order chi connectivity index (χ0) is 18.4. The molecule has 1 amide bonds. The summed E-state index contributed by atoms with van der Waals surface area (Å²) in [5.41, 5.74) is 1.09. The van der Waals surface area contributed by atoms with Crippen LogP contribution in [0.1, 0.15) is 6.92 Å². The van der Waals surface area contributed by atoms with E-state index in [-0.39, 0.29) is 12.5 Å². The van der Waals surface area contributed by atoms with E-state index >= 15 is 0 Å². The van der Waals surface area contributed by atoms with E-state index in [0.29, 0.717) is 25.4 Å². The molecule has 2 aromatic carbocycles. The topological polar surface area (TPSA) is 42.0 Å². The molecular formula is C20H23BrN2O3. The number of hydrogen-bond acceptors (Lipinski definition) is 4. The summed E-state index contributed by atoms with van der Waals surface area (Å²) in [4.78, 5) is 16.5. The summed E-state index contributed by atoms with van der Waals surface area (Å²) < 4.78 is 12.3. The second-order valence-corrected chi connectivity index (χ2v) is 6.93. The Kier molecular flexibility index (Phi) is 6.39. The van der Waals surface area contributed by atoms with Gasteiger partial charge in [-0.2, -0.15) is 0 Å². The maximum Gasteiger partial charge on any atom is 0.260 e. The minimum absolute atomic E-state index is 0.0164. The molecule has 1 saturated heterocycles. The number of piperazine rings is 1. The fraction of sp³-hybridized carbons (Fsp3) is 0.350. The van der Waals surface area contributed by atoms with Gasteiger partial charge in [-0.05, 0) is 37.3 Å². The fourth-order valence-corrected chi connectivity index (χ4v) is 3.36. The van der Waals surface area contributed by atoms with Gasteiger partial charge >= 0.3 is 0 Å². The number of benzene rings is 2. The number of amides is 1. The second-order valence-electron chi connectivity index (χ2n) is 6.01. The molecule has 0 aromatic heterocycles. The number of hydrogen-bond donors (Lipinski definition) is 0. The van der Waals surface area contributed by atoms with Crippen LogP contribution in [0.15, 0.2) is 53.0 Å². The van der Waals surface area contributed by atoms with Gasteiger partial charge in [0.1, 0.15) is 11.5 Å². The Hall–Kier alpha value is -2.21. The third kappa shape index (κ3) is 4.69. The van der Waals surface area contributed by atoms with Crippen molar-refractivity contribution in [3.63, 3.8) is 0 Å². The lowest BCUT2D eigenvalue weighted by Crippen LogP contribution is -2.50. The van der Waals surface area contributed by atoms with Gasteiger partial charge in [-0.1, -0.05) is 34.1 Å². The van der Waals surface area contributed by atoms with E-state index < -0.39 is 0 Å². The van der Waals surface area contributed by atoms with Gasteiger partial charge in [0.05, 0.1) is 12.3 Å². The van der Waals surface area contributed by atoms with E-state index in [1.807, 2.05) is 54.3 Å². The first kappa shape index (κ1) is 18.6. The van der Waals surface area contributed by atoms with Crippen LogP contribution >= 0.6 is 15.9 Å². The number of rotatable bonds is 6. The van der Waals surface area contributed by atoms with Crippen molar-refractivity contribution in [1.82, 2.24) is 4.90 Å². The molecule has 1 aliphatic rings. The molecule has 0 bridgehead atoms. The Morgan fingerprint density at radius 2 is 1.81 bits per heavy atom. The maximum atomic E-state index is 12.4. The van der Waals surface area contributed by atoms with Crippen molar-refractivity contribution in [1.29, 1.82) is 0 Å². The van der Waals surface area contributed by atoms with Gasteiger partial charge < -0.3 is 19.3 Å². The van der Waals surface area contributed by atoms with Gasteiger partial charge in [-0.25, -0.2) is 0 Å². The third-order valence-corrected chi connectivity index (χ3v) is 4.79. The summed E-state index contributed by atoms with van der Waals surface area (Å²) in [6.07, 6.45) is 0. The quantitative estimate of drug-likeness (QED) is 0.718. The molecule has 0 aliphatic carbocycles. The molecule has 0 unspecified atom stereocenters. The van der Waals surface area contributed by atoms with Crippen molar-refractivity contribution < 1.29 is 14.3 Å². The number of para-hydroxylation sites is 2. The highest BCUT2D eigenvalue weighted by Gasteiger charge is 2.23. The average molecular weight is 419 g/mol. The average Bonchev–Trinajstić information content (AvgIpc) is 2.67. The first-order chi connectivity index (χ1) is 12.7. The van der Waals surface area contributed by atoms with Crippen LogP contribution in [0.5, 0.6) is 11.5 Å². The zero-order valence-corrected chi connectivity index (χ0v) is 16.4. The van der Waals surface area contributed by atoms with Crippen LogP contribution in [0.25, 0.3) is 0 Å². The van der Waals surface area contributed by atoms with Gasteiger partial charge in [-0.15, -0.1) is 0 Å². The molecule has 0 N–H and O–H groups in total. The molecule has 1 aliphatic heterocycles. The molecule has 0 atom stereocenters. The number of anilines is 1. The highest BCUT2D eigenvalue weighted by molar-refractivity contribution is 9.10. The Labute approximate surface area is 162 Å². The summed E-state index contributed by atoms with van der Waals surface area (Å²) in [5, 5.41) is 0. The van der Waals surface area contributed by atoms with Gasteiger partial charge in [0, 0.05) is 30.7 Å². The molecule has 138 valence electrons. The van der Waals surface area contributed by atoms with E-state index in [9.17, 15) is 4.79 Å². The Bertz CT molecular complexity index is 745. The van der Waals surface area contributed by atoms with Crippen molar-refractivity contribution in [3.8, 4) is 11.5 Å². The normalized spacial score (nSPS) is 14.2. The Morgan fingerprint density at radius 3 is 2.54 bits per heavy atom. The minimum atomic E-state index is 0.0164. The van der Waals surface area contributed by atoms with Crippen molar-refractivity contribution in [2.45, 2.75) is 6.92 Å². The highest BCUT2D eigenvalue weighted by atomic mass is 79.9. The largest absolute Gasteiger partial charge is 0.492 e. The van der Waals surface area contributed by atoms with E-state index in [1.165, 1.54) is 0 Å². The lowest BCUT2D eigenvalue weighted by Gasteiger charge is -2.36.